The molecule has 2 rings (SSSR count). The third-order valence-corrected chi connectivity index (χ3v) is 3.62. The highest BCUT2D eigenvalue weighted by molar-refractivity contribution is 9.10. The molecule has 1 N–H and O–H groups in total. The van der Waals surface area contributed by atoms with Gasteiger partial charge in [0.1, 0.15) is 23.8 Å². The van der Waals surface area contributed by atoms with Gasteiger partial charge >= 0.3 is 6.09 Å². The Balaban J connectivity index is 2.03. The molecule has 0 atom stereocenters. The Morgan fingerprint density at radius 2 is 1.96 bits per heavy atom. The number of halogens is 2. The Morgan fingerprint density at radius 1 is 1.20 bits per heavy atom. The number of rotatable bonds is 5. The zero-order chi connectivity index (χ0) is 18.4. The number of carbonyl (C=O) groups is 1. The quantitative estimate of drug-likeness (QED) is 0.738. The molecule has 4 nitrogen and oxygen atoms in total. The summed E-state index contributed by atoms with van der Waals surface area (Å²) in [6.07, 6.45) is -0.497. The number of amides is 1. The van der Waals surface area contributed by atoms with Crippen LogP contribution in [-0.4, -0.2) is 11.7 Å². The average Bonchev–Trinajstić information content (AvgIpc) is 2.50. The molecule has 0 unspecified atom stereocenters. The van der Waals surface area contributed by atoms with Crippen molar-refractivity contribution in [3.63, 3.8) is 0 Å². The molecule has 2 aromatic rings. The number of benzene rings is 2. The second-order valence-electron chi connectivity index (χ2n) is 6.53. The van der Waals surface area contributed by atoms with Crippen LogP contribution in [0, 0.1) is 5.82 Å². The summed E-state index contributed by atoms with van der Waals surface area (Å²) < 4.78 is 25.1. The van der Waals surface area contributed by atoms with Gasteiger partial charge in [0.2, 0.25) is 0 Å². The minimum absolute atomic E-state index is 0.235. The van der Waals surface area contributed by atoms with Crippen molar-refractivity contribution in [1.82, 2.24) is 5.32 Å². The molecule has 0 spiro atoms. The maximum atomic E-state index is 13.2. The molecule has 0 aliphatic heterocycles. The average molecular weight is 410 g/mol. The minimum Gasteiger partial charge on any atom is -0.489 e. The van der Waals surface area contributed by atoms with E-state index in [0.29, 0.717) is 5.75 Å². The van der Waals surface area contributed by atoms with E-state index in [1.165, 1.54) is 12.1 Å². The van der Waals surface area contributed by atoms with Gasteiger partial charge in [-0.25, -0.2) is 9.18 Å². The topological polar surface area (TPSA) is 47.6 Å². The maximum Gasteiger partial charge on any atom is 0.407 e. The molecule has 134 valence electrons. The summed E-state index contributed by atoms with van der Waals surface area (Å²) in [7, 11) is 0. The summed E-state index contributed by atoms with van der Waals surface area (Å²) in [4.78, 5) is 11.8. The van der Waals surface area contributed by atoms with Gasteiger partial charge < -0.3 is 14.8 Å². The molecule has 0 aromatic heterocycles. The van der Waals surface area contributed by atoms with Crippen molar-refractivity contribution in [3.8, 4) is 5.75 Å². The third kappa shape index (κ3) is 6.74. The first-order valence-corrected chi connectivity index (χ1v) is 8.65. The molecule has 0 heterocycles. The van der Waals surface area contributed by atoms with E-state index in [2.05, 4.69) is 21.2 Å². The number of alkyl carbamates (subject to hydrolysis) is 1. The van der Waals surface area contributed by atoms with E-state index in [9.17, 15) is 9.18 Å². The van der Waals surface area contributed by atoms with Gasteiger partial charge in [0.15, 0.2) is 0 Å². The molecule has 0 saturated carbocycles. The van der Waals surface area contributed by atoms with E-state index in [0.717, 1.165) is 15.6 Å². The van der Waals surface area contributed by atoms with Crippen LogP contribution in [0.3, 0.4) is 0 Å². The molecule has 0 radical (unpaired) electrons. The van der Waals surface area contributed by atoms with E-state index < -0.39 is 11.7 Å². The van der Waals surface area contributed by atoms with Crippen molar-refractivity contribution in [1.29, 1.82) is 0 Å². The fraction of sp³-hybridized carbons (Fsp3) is 0.316. The molecule has 0 fully saturated rings. The lowest BCUT2D eigenvalue weighted by Gasteiger charge is -2.20. The van der Waals surface area contributed by atoms with Gasteiger partial charge in [-0.15, -0.1) is 0 Å². The monoisotopic (exact) mass is 409 g/mol. The predicted molar refractivity (Wildman–Crippen MR) is 97.9 cm³/mol. The fourth-order valence-electron chi connectivity index (χ4n) is 2.10. The number of carbonyl (C=O) groups excluding carboxylic acids is 1. The summed E-state index contributed by atoms with van der Waals surface area (Å²) in [5.74, 6) is 0.312. The van der Waals surface area contributed by atoms with Crippen LogP contribution in [0.4, 0.5) is 9.18 Å². The SMILES string of the molecule is CC(C)(C)OC(=O)NCc1cc(Br)ccc1OCc1cccc(F)c1. The van der Waals surface area contributed by atoms with Crippen LogP contribution < -0.4 is 10.1 Å². The maximum absolute atomic E-state index is 13.2. The molecule has 0 aliphatic rings. The zero-order valence-corrected chi connectivity index (χ0v) is 16.0. The van der Waals surface area contributed by atoms with E-state index in [4.69, 9.17) is 9.47 Å². The van der Waals surface area contributed by atoms with Gasteiger partial charge in [0.25, 0.3) is 0 Å². The Labute approximate surface area is 155 Å². The molecule has 6 heteroatoms. The first kappa shape index (κ1) is 19.2. The number of nitrogens with one attached hydrogen (secondary N) is 1. The minimum atomic E-state index is -0.557. The Morgan fingerprint density at radius 3 is 2.64 bits per heavy atom. The van der Waals surface area contributed by atoms with Crippen molar-refractivity contribution < 1.29 is 18.7 Å². The highest BCUT2D eigenvalue weighted by Crippen LogP contribution is 2.24. The molecule has 1 amide bonds. The molecule has 2 aromatic carbocycles. The van der Waals surface area contributed by atoms with Gasteiger partial charge in [-0.1, -0.05) is 28.1 Å². The summed E-state index contributed by atoms with van der Waals surface area (Å²) in [5.41, 5.74) is 0.962. The highest BCUT2D eigenvalue weighted by atomic mass is 79.9. The highest BCUT2D eigenvalue weighted by Gasteiger charge is 2.16. The van der Waals surface area contributed by atoms with Crippen LogP contribution in [0.15, 0.2) is 46.9 Å². The van der Waals surface area contributed by atoms with Crippen LogP contribution >= 0.6 is 15.9 Å². The Kier molecular flexibility index (Phi) is 6.42. The largest absolute Gasteiger partial charge is 0.489 e. The second kappa shape index (κ2) is 8.34. The summed E-state index contributed by atoms with van der Waals surface area (Å²) in [5, 5.41) is 2.71. The normalized spacial score (nSPS) is 11.1. The lowest BCUT2D eigenvalue weighted by atomic mass is 10.2. The van der Waals surface area contributed by atoms with Crippen LogP contribution in [0.2, 0.25) is 0 Å². The summed E-state index contributed by atoms with van der Waals surface area (Å²) in [6, 6.07) is 11.8. The van der Waals surface area contributed by atoms with Gasteiger partial charge in [0.05, 0.1) is 0 Å². The molecular weight excluding hydrogens is 389 g/mol. The summed E-state index contributed by atoms with van der Waals surface area (Å²) >= 11 is 3.41. The van der Waals surface area contributed by atoms with Crippen molar-refractivity contribution in [2.24, 2.45) is 0 Å². The summed E-state index contributed by atoms with van der Waals surface area (Å²) in [6.45, 7) is 5.91. The van der Waals surface area contributed by atoms with Crippen LogP contribution in [0.5, 0.6) is 5.75 Å². The number of ether oxygens (including phenoxy) is 2. The van der Waals surface area contributed by atoms with E-state index in [1.807, 2.05) is 12.1 Å². The van der Waals surface area contributed by atoms with E-state index >= 15 is 0 Å². The van der Waals surface area contributed by atoms with E-state index in [1.54, 1.807) is 39.0 Å². The Hall–Kier alpha value is -2.08. The van der Waals surface area contributed by atoms with Crippen molar-refractivity contribution in [2.75, 3.05) is 0 Å². The van der Waals surface area contributed by atoms with Gasteiger partial charge in [-0.3, -0.25) is 0 Å². The lowest BCUT2D eigenvalue weighted by Crippen LogP contribution is -2.32. The molecule has 0 aliphatic carbocycles. The van der Waals surface area contributed by atoms with E-state index in [-0.39, 0.29) is 19.0 Å². The second-order valence-corrected chi connectivity index (χ2v) is 7.44. The molecule has 25 heavy (non-hydrogen) atoms. The predicted octanol–water partition coefficient (Wildman–Crippen LogP) is 5.19. The van der Waals surface area contributed by atoms with Crippen molar-refractivity contribution >= 4 is 22.0 Å². The van der Waals surface area contributed by atoms with Crippen LogP contribution in [0.1, 0.15) is 31.9 Å². The van der Waals surface area contributed by atoms with Crippen LogP contribution in [0.25, 0.3) is 0 Å². The van der Waals surface area contributed by atoms with Gasteiger partial charge in [-0.2, -0.15) is 0 Å². The number of hydrogen-bond donors (Lipinski definition) is 1. The number of hydrogen-bond acceptors (Lipinski definition) is 3. The lowest BCUT2D eigenvalue weighted by molar-refractivity contribution is 0.0523. The standard InChI is InChI=1S/C19H21BrFNO3/c1-19(2,3)25-18(23)22-11-14-10-15(20)7-8-17(14)24-12-13-5-4-6-16(21)9-13/h4-10H,11-12H2,1-3H3,(H,22,23). The molecule has 0 bridgehead atoms. The zero-order valence-electron chi connectivity index (χ0n) is 14.4. The molecule has 0 saturated heterocycles. The Bertz CT molecular complexity index is 744. The third-order valence-electron chi connectivity index (χ3n) is 3.13. The van der Waals surface area contributed by atoms with Crippen molar-refractivity contribution in [2.45, 2.75) is 39.5 Å². The van der Waals surface area contributed by atoms with Gasteiger partial charge in [-0.05, 0) is 56.7 Å². The van der Waals surface area contributed by atoms with Crippen molar-refractivity contribution in [3.05, 3.63) is 63.9 Å². The molecular formula is C19H21BrFNO3. The van der Waals surface area contributed by atoms with Crippen LogP contribution in [-0.2, 0) is 17.9 Å². The first-order chi connectivity index (χ1) is 11.7. The smallest absolute Gasteiger partial charge is 0.407 e. The van der Waals surface area contributed by atoms with Gasteiger partial charge in [0, 0.05) is 16.6 Å². The first-order valence-electron chi connectivity index (χ1n) is 7.85. The fourth-order valence-corrected chi connectivity index (χ4v) is 2.50.